The molecule has 0 aromatic carbocycles. The van der Waals surface area contributed by atoms with Crippen LogP contribution in [0.25, 0.3) is 0 Å². The van der Waals surface area contributed by atoms with Crippen molar-refractivity contribution in [3.05, 3.63) is 0 Å². The molecule has 0 saturated heterocycles. The third-order valence-electron chi connectivity index (χ3n) is 2.15. The second-order valence-electron chi connectivity index (χ2n) is 3.97. The van der Waals surface area contributed by atoms with Crippen molar-refractivity contribution in [1.29, 1.82) is 0 Å². The van der Waals surface area contributed by atoms with Gasteiger partial charge >= 0.3 is 5.97 Å². The molecule has 0 aromatic rings. The standard InChI is InChI=1S/C10H18N4O5/c1-5(11)9(17)13-4-8(16)14-6(10(18)19)2-3-7(12)15/h5-6H,2-4,11H2,1H3,(H2,12,15)(H,13,17)(H,14,16)(H,18,19)/t5?,6-/m0/s1. The van der Waals surface area contributed by atoms with Gasteiger partial charge in [0.05, 0.1) is 12.6 Å². The summed E-state index contributed by atoms with van der Waals surface area (Å²) < 4.78 is 0. The fraction of sp³-hybridized carbons (Fsp3) is 0.600. The van der Waals surface area contributed by atoms with Crippen LogP contribution in [0.2, 0.25) is 0 Å². The summed E-state index contributed by atoms with van der Waals surface area (Å²) >= 11 is 0. The summed E-state index contributed by atoms with van der Waals surface area (Å²) in [5, 5.41) is 13.2. The van der Waals surface area contributed by atoms with Crippen LogP contribution in [0.1, 0.15) is 19.8 Å². The van der Waals surface area contributed by atoms with Crippen molar-refractivity contribution in [3.8, 4) is 0 Å². The van der Waals surface area contributed by atoms with Crippen molar-refractivity contribution in [2.24, 2.45) is 11.5 Å². The van der Waals surface area contributed by atoms with E-state index in [2.05, 4.69) is 10.6 Å². The largest absolute Gasteiger partial charge is 0.480 e. The van der Waals surface area contributed by atoms with Gasteiger partial charge in [0.2, 0.25) is 17.7 Å². The molecule has 0 rings (SSSR count). The van der Waals surface area contributed by atoms with Crippen molar-refractivity contribution in [2.45, 2.75) is 31.8 Å². The number of rotatable bonds is 8. The van der Waals surface area contributed by atoms with E-state index in [4.69, 9.17) is 16.6 Å². The second-order valence-corrected chi connectivity index (χ2v) is 3.97. The Bertz CT molecular complexity index is 369. The van der Waals surface area contributed by atoms with Crippen molar-refractivity contribution < 1.29 is 24.3 Å². The molecule has 7 N–H and O–H groups in total. The van der Waals surface area contributed by atoms with Crippen LogP contribution in [-0.2, 0) is 19.2 Å². The number of nitrogens with one attached hydrogen (secondary N) is 2. The second kappa shape index (κ2) is 8.03. The van der Waals surface area contributed by atoms with E-state index in [9.17, 15) is 19.2 Å². The van der Waals surface area contributed by atoms with Gasteiger partial charge in [-0.15, -0.1) is 0 Å². The van der Waals surface area contributed by atoms with Crippen LogP contribution in [0.4, 0.5) is 0 Å². The molecule has 9 heteroatoms. The molecular formula is C10H18N4O5. The van der Waals surface area contributed by atoms with Crippen LogP contribution in [0.15, 0.2) is 0 Å². The van der Waals surface area contributed by atoms with Gasteiger partial charge in [0.15, 0.2) is 0 Å². The van der Waals surface area contributed by atoms with Gasteiger partial charge in [-0.25, -0.2) is 4.79 Å². The van der Waals surface area contributed by atoms with Gasteiger partial charge in [-0.2, -0.15) is 0 Å². The Labute approximate surface area is 109 Å². The zero-order valence-corrected chi connectivity index (χ0v) is 10.5. The lowest BCUT2D eigenvalue weighted by atomic mass is 10.1. The molecule has 0 aliphatic carbocycles. The van der Waals surface area contributed by atoms with E-state index >= 15 is 0 Å². The highest BCUT2D eigenvalue weighted by atomic mass is 16.4. The number of carbonyl (C=O) groups is 4. The van der Waals surface area contributed by atoms with Crippen molar-refractivity contribution in [3.63, 3.8) is 0 Å². The van der Waals surface area contributed by atoms with Crippen LogP contribution in [0.5, 0.6) is 0 Å². The fourth-order valence-corrected chi connectivity index (χ4v) is 1.12. The first-order chi connectivity index (χ1) is 8.73. The molecule has 0 aliphatic rings. The monoisotopic (exact) mass is 274 g/mol. The highest BCUT2D eigenvalue weighted by molar-refractivity contribution is 5.89. The Kier molecular flexibility index (Phi) is 7.12. The number of amides is 3. The third-order valence-corrected chi connectivity index (χ3v) is 2.15. The van der Waals surface area contributed by atoms with E-state index in [1.807, 2.05) is 0 Å². The first kappa shape index (κ1) is 16.8. The molecule has 9 nitrogen and oxygen atoms in total. The van der Waals surface area contributed by atoms with Crippen LogP contribution in [0.3, 0.4) is 0 Å². The molecule has 3 amide bonds. The summed E-state index contributed by atoms with van der Waals surface area (Å²) in [5.74, 6) is -3.16. The van der Waals surface area contributed by atoms with Crippen molar-refractivity contribution in [1.82, 2.24) is 10.6 Å². The average Bonchev–Trinajstić information content (AvgIpc) is 2.30. The Morgan fingerprint density at radius 2 is 1.84 bits per heavy atom. The van der Waals surface area contributed by atoms with Crippen LogP contribution < -0.4 is 22.1 Å². The van der Waals surface area contributed by atoms with Gasteiger partial charge in [-0.3, -0.25) is 14.4 Å². The minimum absolute atomic E-state index is 0.113. The van der Waals surface area contributed by atoms with Gasteiger partial charge in [-0.1, -0.05) is 0 Å². The van der Waals surface area contributed by atoms with E-state index in [0.29, 0.717) is 0 Å². The number of carboxylic acids is 1. The maximum Gasteiger partial charge on any atom is 0.326 e. The predicted molar refractivity (Wildman–Crippen MR) is 64.7 cm³/mol. The Hall–Kier alpha value is -2.16. The lowest BCUT2D eigenvalue weighted by molar-refractivity contribution is -0.142. The van der Waals surface area contributed by atoms with Gasteiger partial charge in [-0.05, 0) is 13.3 Å². The quantitative estimate of drug-likeness (QED) is 0.322. The lowest BCUT2D eigenvalue weighted by Gasteiger charge is -2.14. The molecule has 1 unspecified atom stereocenters. The molecule has 0 heterocycles. The molecule has 2 atom stereocenters. The summed E-state index contributed by atoms with van der Waals surface area (Å²) in [6.07, 6.45) is -0.277. The minimum atomic E-state index is -1.28. The highest BCUT2D eigenvalue weighted by Gasteiger charge is 2.20. The molecule has 0 spiro atoms. The molecule has 0 aromatic heterocycles. The number of carbonyl (C=O) groups excluding carboxylic acids is 3. The van der Waals surface area contributed by atoms with E-state index in [1.165, 1.54) is 6.92 Å². The van der Waals surface area contributed by atoms with Crippen molar-refractivity contribution in [2.75, 3.05) is 6.54 Å². The van der Waals surface area contributed by atoms with Gasteiger partial charge in [0, 0.05) is 6.42 Å². The smallest absolute Gasteiger partial charge is 0.326 e. The number of aliphatic carboxylic acids is 1. The maximum absolute atomic E-state index is 11.4. The summed E-state index contributed by atoms with van der Waals surface area (Å²) in [6, 6.07) is -2.00. The molecular weight excluding hydrogens is 256 g/mol. The topological polar surface area (TPSA) is 165 Å². The molecule has 0 fully saturated rings. The zero-order chi connectivity index (χ0) is 15.0. The first-order valence-electron chi connectivity index (χ1n) is 5.57. The number of primary amides is 1. The van der Waals surface area contributed by atoms with Crippen molar-refractivity contribution >= 4 is 23.7 Å². The normalized spacial score (nSPS) is 13.2. The average molecular weight is 274 g/mol. The fourth-order valence-electron chi connectivity index (χ4n) is 1.12. The van der Waals surface area contributed by atoms with Crippen LogP contribution in [-0.4, -0.2) is 47.4 Å². The Balaban J connectivity index is 4.21. The number of hydrogen-bond acceptors (Lipinski definition) is 5. The van der Waals surface area contributed by atoms with E-state index in [0.717, 1.165) is 0 Å². The summed E-state index contributed by atoms with van der Waals surface area (Å²) in [4.78, 5) is 43.8. The molecule has 0 bridgehead atoms. The number of nitrogens with two attached hydrogens (primary N) is 2. The van der Waals surface area contributed by atoms with E-state index < -0.39 is 35.8 Å². The summed E-state index contributed by atoms with van der Waals surface area (Å²) in [5.41, 5.74) is 10.2. The van der Waals surface area contributed by atoms with E-state index in [-0.39, 0.29) is 19.4 Å². The van der Waals surface area contributed by atoms with Gasteiger partial charge in [0.25, 0.3) is 0 Å². The lowest BCUT2D eigenvalue weighted by Crippen LogP contribution is -2.48. The number of hydrogen-bond donors (Lipinski definition) is 5. The van der Waals surface area contributed by atoms with Crippen LogP contribution in [0, 0.1) is 0 Å². The van der Waals surface area contributed by atoms with Gasteiger partial charge < -0.3 is 27.2 Å². The summed E-state index contributed by atoms with van der Waals surface area (Å²) in [6.45, 7) is 1.06. The Morgan fingerprint density at radius 1 is 1.26 bits per heavy atom. The first-order valence-corrected chi connectivity index (χ1v) is 5.57. The van der Waals surface area contributed by atoms with E-state index in [1.54, 1.807) is 0 Å². The number of carboxylic acid groups (broad SMARTS) is 1. The Morgan fingerprint density at radius 3 is 2.26 bits per heavy atom. The molecule has 108 valence electrons. The molecule has 0 aliphatic heterocycles. The highest BCUT2D eigenvalue weighted by Crippen LogP contribution is 1.97. The summed E-state index contributed by atoms with van der Waals surface area (Å²) in [7, 11) is 0. The zero-order valence-electron chi connectivity index (χ0n) is 10.5. The molecule has 0 radical (unpaired) electrons. The SMILES string of the molecule is CC(N)C(=O)NCC(=O)N[C@@H](CCC(N)=O)C(=O)O. The molecule has 0 saturated carbocycles. The third kappa shape index (κ3) is 7.71. The molecule has 19 heavy (non-hydrogen) atoms. The minimum Gasteiger partial charge on any atom is -0.480 e. The maximum atomic E-state index is 11.4. The van der Waals surface area contributed by atoms with Crippen LogP contribution >= 0.6 is 0 Å². The predicted octanol–water partition coefficient (Wildman–Crippen LogP) is -2.72. The van der Waals surface area contributed by atoms with Gasteiger partial charge in [0.1, 0.15) is 6.04 Å².